The van der Waals surface area contributed by atoms with E-state index < -0.39 is 0 Å². The molecule has 1 fully saturated rings. The quantitative estimate of drug-likeness (QED) is 0.778. The Morgan fingerprint density at radius 2 is 2.44 bits per heavy atom. The maximum Gasteiger partial charge on any atom is 0.150 e. The normalized spacial score (nSPS) is 20.4. The number of benzene rings is 1. The molecule has 1 heterocycles. The van der Waals surface area contributed by atoms with Crippen LogP contribution >= 0.6 is 0 Å². The average molecular weight is 221 g/mol. The van der Waals surface area contributed by atoms with Gasteiger partial charge >= 0.3 is 0 Å². The van der Waals surface area contributed by atoms with E-state index in [1.54, 1.807) is 13.2 Å². The standard InChI is InChI=1S/C12H15NO3/c1-15-10-2-3-11(9(6-10)8-14)12-7-13-4-5-16-12/h2-3,6,8,12-13H,4-5,7H2,1H3. The molecule has 16 heavy (non-hydrogen) atoms. The molecule has 2 rings (SSSR count). The number of morpholine rings is 1. The van der Waals surface area contributed by atoms with E-state index in [1.807, 2.05) is 12.1 Å². The molecule has 1 aliphatic heterocycles. The molecule has 4 nitrogen and oxygen atoms in total. The minimum Gasteiger partial charge on any atom is -0.497 e. The number of ether oxygens (including phenoxy) is 2. The predicted molar refractivity (Wildman–Crippen MR) is 59.9 cm³/mol. The van der Waals surface area contributed by atoms with Gasteiger partial charge < -0.3 is 14.8 Å². The van der Waals surface area contributed by atoms with E-state index >= 15 is 0 Å². The summed E-state index contributed by atoms with van der Waals surface area (Å²) in [6.45, 7) is 2.28. The summed E-state index contributed by atoms with van der Waals surface area (Å²) in [5, 5.41) is 3.24. The number of aldehydes is 1. The number of methoxy groups -OCH3 is 1. The largest absolute Gasteiger partial charge is 0.497 e. The van der Waals surface area contributed by atoms with E-state index in [0.29, 0.717) is 17.9 Å². The van der Waals surface area contributed by atoms with Gasteiger partial charge in [0.2, 0.25) is 0 Å². The number of carbonyl (C=O) groups is 1. The molecular formula is C12H15NO3. The zero-order chi connectivity index (χ0) is 11.4. The van der Waals surface area contributed by atoms with Gasteiger partial charge in [-0.25, -0.2) is 0 Å². The number of carbonyl (C=O) groups excluding carboxylic acids is 1. The zero-order valence-electron chi connectivity index (χ0n) is 9.23. The van der Waals surface area contributed by atoms with Gasteiger partial charge in [-0.1, -0.05) is 6.07 Å². The van der Waals surface area contributed by atoms with E-state index in [4.69, 9.17) is 9.47 Å². The minimum absolute atomic E-state index is 0.0418. The smallest absolute Gasteiger partial charge is 0.150 e. The first-order chi connectivity index (χ1) is 7.85. The summed E-state index contributed by atoms with van der Waals surface area (Å²) >= 11 is 0. The van der Waals surface area contributed by atoms with Crippen LogP contribution in [-0.4, -0.2) is 33.1 Å². The summed E-state index contributed by atoms with van der Waals surface area (Å²) in [5.41, 5.74) is 1.55. The predicted octanol–water partition coefficient (Wildman–Crippen LogP) is 1.17. The van der Waals surface area contributed by atoms with Gasteiger partial charge in [0.25, 0.3) is 0 Å². The van der Waals surface area contributed by atoms with E-state index in [-0.39, 0.29) is 6.10 Å². The summed E-state index contributed by atoms with van der Waals surface area (Å²) in [4.78, 5) is 11.0. The first-order valence-corrected chi connectivity index (χ1v) is 5.30. The Labute approximate surface area is 94.6 Å². The lowest BCUT2D eigenvalue weighted by Crippen LogP contribution is -2.33. The molecule has 1 atom stereocenters. The first kappa shape index (κ1) is 11.1. The Hall–Kier alpha value is -1.39. The van der Waals surface area contributed by atoms with Crippen molar-refractivity contribution in [1.82, 2.24) is 5.32 Å². The van der Waals surface area contributed by atoms with Crippen molar-refractivity contribution in [3.63, 3.8) is 0 Å². The molecule has 1 unspecified atom stereocenters. The third-order valence-corrected chi connectivity index (χ3v) is 2.70. The summed E-state index contributed by atoms with van der Waals surface area (Å²) < 4.78 is 10.7. The van der Waals surface area contributed by atoms with E-state index in [2.05, 4.69) is 5.32 Å². The van der Waals surface area contributed by atoms with Crippen molar-refractivity contribution in [1.29, 1.82) is 0 Å². The number of nitrogens with one attached hydrogen (secondary N) is 1. The zero-order valence-corrected chi connectivity index (χ0v) is 9.23. The van der Waals surface area contributed by atoms with Crippen LogP contribution in [0.25, 0.3) is 0 Å². The molecule has 0 aromatic heterocycles. The number of hydrogen-bond donors (Lipinski definition) is 1. The van der Waals surface area contributed by atoms with Crippen molar-refractivity contribution in [2.45, 2.75) is 6.10 Å². The van der Waals surface area contributed by atoms with Crippen LogP contribution in [0.5, 0.6) is 5.75 Å². The number of rotatable bonds is 3. The van der Waals surface area contributed by atoms with Crippen molar-refractivity contribution < 1.29 is 14.3 Å². The van der Waals surface area contributed by atoms with Crippen LogP contribution in [0.15, 0.2) is 18.2 Å². The van der Waals surface area contributed by atoms with Crippen LogP contribution in [0, 0.1) is 0 Å². The lowest BCUT2D eigenvalue weighted by Gasteiger charge is -2.25. The highest BCUT2D eigenvalue weighted by atomic mass is 16.5. The summed E-state index contributed by atoms with van der Waals surface area (Å²) in [6.07, 6.45) is 0.801. The molecule has 1 aliphatic rings. The van der Waals surface area contributed by atoms with Crippen LogP contribution < -0.4 is 10.1 Å². The average Bonchev–Trinajstić information content (AvgIpc) is 2.39. The van der Waals surface area contributed by atoms with Gasteiger partial charge in [0, 0.05) is 18.7 Å². The highest BCUT2D eigenvalue weighted by Crippen LogP contribution is 2.25. The SMILES string of the molecule is COc1ccc(C2CNCCO2)c(C=O)c1. The highest BCUT2D eigenvalue weighted by molar-refractivity contribution is 5.78. The Morgan fingerprint density at radius 1 is 1.56 bits per heavy atom. The molecule has 0 bridgehead atoms. The van der Waals surface area contributed by atoms with Crippen LogP contribution in [0.4, 0.5) is 0 Å². The third kappa shape index (κ3) is 2.23. The van der Waals surface area contributed by atoms with Crippen molar-refractivity contribution in [3.8, 4) is 5.75 Å². The van der Waals surface area contributed by atoms with E-state index in [0.717, 1.165) is 24.9 Å². The fourth-order valence-electron chi connectivity index (χ4n) is 1.84. The maximum atomic E-state index is 11.0. The molecule has 1 aromatic rings. The van der Waals surface area contributed by atoms with Crippen LogP contribution in [0.2, 0.25) is 0 Å². The van der Waals surface area contributed by atoms with Crippen molar-refractivity contribution in [3.05, 3.63) is 29.3 Å². The number of hydrogen-bond acceptors (Lipinski definition) is 4. The minimum atomic E-state index is -0.0418. The fraction of sp³-hybridized carbons (Fsp3) is 0.417. The Kier molecular flexibility index (Phi) is 3.54. The summed E-state index contributed by atoms with van der Waals surface area (Å²) in [7, 11) is 1.59. The second kappa shape index (κ2) is 5.09. The Morgan fingerprint density at radius 3 is 3.06 bits per heavy atom. The van der Waals surface area contributed by atoms with Crippen LogP contribution in [-0.2, 0) is 4.74 Å². The van der Waals surface area contributed by atoms with Gasteiger partial charge in [0.05, 0.1) is 19.8 Å². The second-order valence-corrected chi connectivity index (χ2v) is 3.68. The molecular weight excluding hydrogens is 206 g/mol. The van der Waals surface area contributed by atoms with Crippen molar-refractivity contribution >= 4 is 6.29 Å². The fourth-order valence-corrected chi connectivity index (χ4v) is 1.84. The highest BCUT2D eigenvalue weighted by Gasteiger charge is 2.18. The Bertz CT molecular complexity index is 373. The lowest BCUT2D eigenvalue weighted by molar-refractivity contribution is 0.0272. The molecule has 0 amide bonds. The van der Waals surface area contributed by atoms with Crippen LogP contribution in [0.3, 0.4) is 0 Å². The van der Waals surface area contributed by atoms with Gasteiger partial charge in [-0.2, -0.15) is 0 Å². The molecule has 4 heteroatoms. The lowest BCUT2D eigenvalue weighted by atomic mass is 10.0. The molecule has 0 aliphatic carbocycles. The third-order valence-electron chi connectivity index (χ3n) is 2.70. The molecule has 86 valence electrons. The Balaban J connectivity index is 2.28. The van der Waals surface area contributed by atoms with Crippen LogP contribution in [0.1, 0.15) is 22.0 Å². The molecule has 0 spiro atoms. The van der Waals surface area contributed by atoms with Crippen molar-refractivity contribution in [2.24, 2.45) is 0 Å². The van der Waals surface area contributed by atoms with Gasteiger partial charge in [0.15, 0.2) is 6.29 Å². The van der Waals surface area contributed by atoms with E-state index in [1.165, 1.54) is 0 Å². The monoisotopic (exact) mass is 221 g/mol. The van der Waals surface area contributed by atoms with E-state index in [9.17, 15) is 4.79 Å². The molecule has 1 saturated heterocycles. The van der Waals surface area contributed by atoms with Gasteiger partial charge in [-0.15, -0.1) is 0 Å². The van der Waals surface area contributed by atoms with Crippen molar-refractivity contribution in [2.75, 3.05) is 26.8 Å². The maximum absolute atomic E-state index is 11.0. The van der Waals surface area contributed by atoms with Gasteiger partial charge in [-0.3, -0.25) is 4.79 Å². The summed E-state index contributed by atoms with van der Waals surface area (Å²) in [5.74, 6) is 0.689. The first-order valence-electron chi connectivity index (χ1n) is 5.30. The molecule has 1 aromatic carbocycles. The second-order valence-electron chi connectivity index (χ2n) is 3.68. The molecule has 0 radical (unpaired) electrons. The van der Waals surface area contributed by atoms with Gasteiger partial charge in [0.1, 0.15) is 5.75 Å². The molecule has 1 N–H and O–H groups in total. The van der Waals surface area contributed by atoms with Gasteiger partial charge in [-0.05, 0) is 17.7 Å². The molecule has 0 saturated carbocycles. The summed E-state index contributed by atoms with van der Waals surface area (Å²) in [6, 6.07) is 5.47. The topological polar surface area (TPSA) is 47.6 Å².